The zero-order chi connectivity index (χ0) is 10.7. The standard InChI is InChI=1S/C10H13N3OS/c1-2-7-3-4-8(14-7)10-13-12-9(15-10)5-6-11/h3-4H,2,5-6,11H2,1H3. The van der Waals surface area contributed by atoms with Crippen LogP contribution in [0, 0.1) is 0 Å². The van der Waals surface area contributed by atoms with Crippen LogP contribution in [0.15, 0.2) is 16.5 Å². The molecule has 0 spiro atoms. The normalized spacial score (nSPS) is 10.8. The Morgan fingerprint density at radius 3 is 2.93 bits per heavy atom. The van der Waals surface area contributed by atoms with Gasteiger partial charge in [-0.3, -0.25) is 0 Å². The van der Waals surface area contributed by atoms with Crippen LogP contribution in [0.2, 0.25) is 0 Å². The highest BCUT2D eigenvalue weighted by atomic mass is 32.1. The Kier molecular flexibility index (Phi) is 3.13. The molecule has 0 amide bonds. The number of nitrogens with two attached hydrogens (primary N) is 1. The van der Waals surface area contributed by atoms with Gasteiger partial charge < -0.3 is 10.2 Å². The predicted molar refractivity (Wildman–Crippen MR) is 59.7 cm³/mol. The molecule has 0 fully saturated rings. The third kappa shape index (κ3) is 2.24. The molecule has 5 heteroatoms. The van der Waals surface area contributed by atoms with E-state index in [1.807, 2.05) is 12.1 Å². The molecule has 2 rings (SSSR count). The third-order valence-corrected chi connectivity index (χ3v) is 3.04. The van der Waals surface area contributed by atoms with Gasteiger partial charge in [0.1, 0.15) is 10.8 Å². The summed E-state index contributed by atoms with van der Waals surface area (Å²) >= 11 is 1.54. The van der Waals surface area contributed by atoms with Crippen LogP contribution >= 0.6 is 11.3 Å². The first-order valence-electron chi connectivity index (χ1n) is 4.95. The monoisotopic (exact) mass is 223 g/mol. The molecule has 0 atom stereocenters. The van der Waals surface area contributed by atoms with Gasteiger partial charge in [0.15, 0.2) is 10.8 Å². The largest absolute Gasteiger partial charge is 0.459 e. The Morgan fingerprint density at radius 2 is 2.27 bits per heavy atom. The summed E-state index contributed by atoms with van der Waals surface area (Å²) in [5, 5.41) is 9.91. The molecular weight excluding hydrogens is 210 g/mol. The van der Waals surface area contributed by atoms with E-state index >= 15 is 0 Å². The smallest absolute Gasteiger partial charge is 0.183 e. The lowest BCUT2D eigenvalue weighted by Gasteiger charge is -1.88. The fraction of sp³-hybridized carbons (Fsp3) is 0.400. The zero-order valence-electron chi connectivity index (χ0n) is 8.56. The van der Waals surface area contributed by atoms with Gasteiger partial charge in [-0.25, -0.2) is 0 Å². The molecular formula is C10H13N3OS. The van der Waals surface area contributed by atoms with Gasteiger partial charge in [0, 0.05) is 12.8 Å². The molecule has 2 aromatic rings. The molecule has 2 aromatic heterocycles. The van der Waals surface area contributed by atoms with Crippen LogP contribution in [-0.4, -0.2) is 16.7 Å². The van der Waals surface area contributed by atoms with Crippen LogP contribution in [0.3, 0.4) is 0 Å². The number of hydrogen-bond acceptors (Lipinski definition) is 5. The van der Waals surface area contributed by atoms with Gasteiger partial charge in [0.05, 0.1) is 0 Å². The lowest BCUT2D eigenvalue weighted by molar-refractivity contribution is 0.528. The van der Waals surface area contributed by atoms with Gasteiger partial charge in [-0.15, -0.1) is 10.2 Å². The maximum atomic E-state index is 5.59. The number of aryl methyl sites for hydroxylation is 1. The summed E-state index contributed by atoms with van der Waals surface area (Å²) in [5.74, 6) is 1.77. The molecule has 0 saturated carbocycles. The van der Waals surface area contributed by atoms with Gasteiger partial charge >= 0.3 is 0 Å². The van der Waals surface area contributed by atoms with Crippen LogP contribution in [0.25, 0.3) is 10.8 Å². The lowest BCUT2D eigenvalue weighted by Crippen LogP contribution is -2.01. The quantitative estimate of drug-likeness (QED) is 0.859. The highest BCUT2D eigenvalue weighted by Gasteiger charge is 2.09. The molecule has 15 heavy (non-hydrogen) atoms. The van der Waals surface area contributed by atoms with Crippen molar-refractivity contribution in [2.45, 2.75) is 19.8 Å². The second-order valence-corrected chi connectivity index (χ2v) is 4.22. The number of hydrogen-bond donors (Lipinski definition) is 1. The number of nitrogens with zero attached hydrogens (tertiary/aromatic N) is 2. The van der Waals surface area contributed by atoms with E-state index in [1.165, 1.54) is 11.3 Å². The second kappa shape index (κ2) is 4.55. The highest BCUT2D eigenvalue weighted by molar-refractivity contribution is 7.14. The molecule has 0 unspecified atom stereocenters. The molecule has 4 nitrogen and oxygen atoms in total. The van der Waals surface area contributed by atoms with Crippen LogP contribution in [-0.2, 0) is 12.8 Å². The molecule has 0 saturated heterocycles. The first kappa shape index (κ1) is 10.3. The minimum absolute atomic E-state index is 0.604. The number of aromatic nitrogens is 2. The Bertz CT molecular complexity index is 435. The van der Waals surface area contributed by atoms with E-state index in [0.717, 1.165) is 34.4 Å². The Balaban J connectivity index is 2.21. The molecule has 0 aliphatic heterocycles. The summed E-state index contributed by atoms with van der Waals surface area (Å²) in [4.78, 5) is 0. The van der Waals surface area contributed by atoms with E-state index in [0.29, 0.717) is 6.54 Å². The molecule has 2 N–H and O–H groups in total. The van der Waals surface area contributed by atoms with Gasteiger partial charge in [-0.05, 0) is 18.7 Å². The molecule has 2 heterocycles. The average molecular weight is 223 g/mol. The fourth-order valence-electron chi connectivity index (χ4n) is 1.26. The van der Waals surface area contributed by atoms with Crippen LogP contribution < -0.4 is 5.73 Å². The molecule has 0 aromatic carbocycles. The van der Waals surface area contributed by atoms with E-state index < -0.39 is 0 Å². The molecule has 0 bridgehead atoms. The van der Waals surface area contributed by atoms with Gasteiger partial charge in [0.2, 0.25) is 0 Å². The van der Waals surface area contributed by atoms with Crippen LogP contribution in [0.1, 0.15) is 17.7 Å². The van der Waals surface area contributed by atoms with Crippen molar-refractivity contribution in [2.75, 3.05) is 6.54 Å². The van der Waals surface area contributed by atoms with E-state index in [4.69, 9.17) is 10.2 Å². The van der Waals surface area contributed by atoms with Crippen molar-refractivity contribution in [1.29, 1.82) is 0 Å². The molecule has 0 aliphatic rings. The van der Waals surface area contributed by atoms with Gasteiger partial charge in [0.25, 0.3) is 0 Å². The minimum Gasteiger partial charge on any atom is -0.459 e. The number of rotatable bonds is 4. The minimum atomic E-state index is 0.604. The van der Waals surface area contributed by atoms with Crippen LogP contribution in [0.4, 0.5) is 0 Å². The van der Waals surface area contributed by atoms with E-state index in [9.17, 15) is 0 Å². The van der Waals surface area contributed by atoms with Crippen molar-refractivity contribution in [3.05, 3.63) is 22.9 Å². The topological polar surface area (TPSA) is 64.9 Å². The highest BCUT2D eigenvalue weighted by Crippen LogP contribution is 2.25. The van der Waals surface area contributed by atoms with Crippen molar-refractivity contribution >= 4 is 11.3 Å². The van der Waals surface area contributed by atoms with Crippen molar-refractivity contribution in [2.24, 2.45) is 5.73 Å². The summed E-state index contributed by atoms with van der Waals surface area (Å²) in [6.45, 7) is 2.66. The first-order chi connectivity index (χ1) is 7.33. The lowest BCUT2D eigenvalue weighted by atomic mass is 10.4. The van der Waals surface area contributed by atoms with E-state index in [-0.39, 0.29) is 0 Å². The summed E-state index contributed by atoms with van der Waals surface area (Å²) in [6.07, 6.45) is 1.67. The summed E-state index contributed by atoms with van der Waals surface area (Å²) < 4.78 is 5.59. The Hall–Kier alpha value is -1.20. The third-order valence-electron chi connectivity index (χ3n) is 2.05. The second-order valence-electron chi connectivity index (χ2n) is 3.16. The molecule has 80 valence electrons. The molecule has 0 aliphatic carbocycles. The Labute approximate surface area is 92.1 Å². The van der Waals surface area contributed by atoms with Crippen LogP contribution in [0.5, 0.6) is 0 Å². The maximum absolute atomic E-state index is 5.59. The number of furan rings is 1. The maximum Gasteiger partial charge on any atom is 0.183 e. The van der Waals surface area contributed by atoms with Crippen molar-refractivity contribution in [3.63, 3.8) is 0 Å². The van der Waals surface area contributed by atoms with Crippen molar-refractivity contribution < 1.29 is 4.42 Å². The predicted octanol–water partition coefficient (Wildman–Crippen LogP) is 1.86. The summed E-state index contributed by atoms with van der Waals surface area (Å²) in [7, 11) is 0. The van der Waals surface area contributed by atoms with Gasteiger partial charge in [-0.2, -0.15) is 0 Å². The van der Waals surface area contributed by atoms with Crippen molar-refractivity contribution in [3.8, 4) is 10.8 Å². The van der Waals surface area contributed by atoms with E-state index in [2.05, 4.69) is 17.1 Å². The van der Waals surface area contributed by atoms with Gasteiger partial charge in [-0.1, -0.05) is 18.3 Å². The SMILES string of the molecule is CCc1ccc(-c2nnc(CCN)s2)o1. The summed E-state index contributed by atoms with van der Waals surface area (Å²) in [6, 6.07) is 3.91. The van der Waals surface area contributed by atoms with Crippen molar-refractivity contribution in [1.82, 2.24) is 10.2 Å². The summed E-state index contributed by atoms with van der Waals surface area (Å²) in [5.41, 5.74) is 5.45. The Morgan fingerprint density at radius 1 is 1.40 bits per heavy atom. The molecule has 0 radical (unpaired) electrons. The average Bonchev–Trinajstić information content (AvgIpc) is 2.85. The fourth-order valence-corrected chi connectivity index (χ4v) is 2.08. The zero-order valence-corrected chi connectivity index (χ0v) is 9.38. The first-order valence-corrected chi connectivity index (χ1v) is 5.76. The van der Waals surface area contributed by atoms with E-state index in [1.54, 1.807) is 0 Å².